The highest BCUT2D eigenvalue weighted by atomic mass is 16.2. The zero-order valence-electron chi connectivity index (χ0n) is 14.9. The molecule has 0 unspecified atom stereocenters. The van der Waals surface area contributed by atoms with Gasteiger partial charge in [0.2, 0.25) is 11.8 Å². The Balaban J connectivity index is 1.75. The van der Waals surface area contributed by atoms with E-state index < -0.39 is 0 Å². The van der Waals surface area contributed by atoms with E-state index in [9.17, 15) is 9.59 Å². The van der Waals surface area contributed by atoms with Crippen LogP contribution in [0.3, 0.4) is 0 Å². The van der Waals surface area contributed by atoms with E-state index in [1.54, 1.807) is 11.8 Å². The molecule has 0 aliphatic heterocycles. The number of aromatic nitrogens is 1. The number of amides is 2. The van der Waals surface area contributed by atoms with E-state index in [0.29, 0.717) is 13.1 Å². The van der Waals surface area contributed by atoms with Crippen molar-refractivity contribution in [2.24, 2.45) is 7.05 Å². The molecule has 3 rings (SSSR count). The first-order valence-electron chi connectivity index (χ1n) is 8.73. The van der Waals surface area contributed by atoms with E-state index >= 15 is 0 Å². The molecule has 132 valence electrons. The Hall–Kier alpha value is -2.56. The number of hydrogen-bond acceptors (Lipinski definition) is 2. The summed E-state index contributed by atoms with van der Waals surface area (Å²) in [6.07, 6.45) is 3.99. The molecule has 1 fully saturated rings. The van der Waals surface area contributed by atoms with Crippen molar-refractivity contribution in [3.63, 3.8) is 0 Å². The van der Waals surface area contributed by atoms with Gasteiger partial charge in [0, 0.05) is 38.4 Å². The molecular weight excluding hydrogens is 314 g/mol. The van der Waals surface area contributed by atoms with Crippen molar-refractivity contribution in [1.82, 2.24) is 14.4 Å². The SMILES string of the molecule is CC(=O)N(CC(=O)N(Cc1ccccc1)Cc1cccn1C)C1CC1. The largest absolute Gasteiger partial charge is 0.353 e. The van der Waals surface area contributed by atoms with Crippen molar-refractivity contribution >= 4 is 11.8 Å². The standard InChI is InChI=1S/C20H25N3O2/c1-16(24)23(18-10-11-18)15-20(25)22(13-17-7-4-3-5-8-17)14-19-9-6-12-21(19)2/h3-9,12,18H,10-11,13-15H2,1-2H3. The molecule has 0 saturated heterocycles. The second kappa shape index (κ2) is 7.55. The molecule has 2 amide bonds. The fourth-order valence-electron chi connectivity index (χ4n) is 3.02. The van der Waals surface area contributed by atoms with Crippen molar-refractivity contribution in [2.75, 3.05) is 6.54 Å². The van der Waals surface area contributed by atoms with Gasteiger partial charge in [0.25, 0.3) is 0 Å². The Labute approximate surface area is 148 Å². The average molecular weight is 339 g/mol. The number of benzene rings is 1. The van der Waals surface area contributed by atoms with Crippen LogP contribution >= 0.6 is 0 Å². The fraction of sp³-hybridized carbons (Fsp3) is 0.400. The summed E-state index contributed by atoms with van der Waals surface area (Å²) in [5.74, 6) is -0.0264. The van der Waals surface area contributed by atoms with Crippen molar-refractivity contribution in [3.05, 3.63) is 59.9 Å². The van der Waals surface area contributed by atoms with Gasteiger partial charge < -0.3 is 14.4 Å². The highest BCUT2D eigenvalue weighted by Crippen LogP contribution is 2.27. The predicted octanol–water partition coefficient (Wildman–Crippen LogP) is 2.56. The Morgan fingerprint density at radius 3 is 2.36 bits per heavy atom. The third kappa shape index (κ3) is 4.50. The molecule has 1 heterocycles. The van der Waals surface area contributed by atoms with Crippen molar-refractivity contribution in [1.29, 1.82) is 0 Å². The zero-order chi connectivity index (χ0) is 17.8. The summed E-state index contributed by atoms with van der Waals surface area (Å²) in [5.41, 5.74) is 2.16. The number of nitrogens with zero attached hydrogens (tertiary/aromatic N) is 3. The van der Waals surface area contributed by atoms with Gasteiger partial charge in [-0.05, 0) is 30.5 Å². The molecule has 0 spiro atoms. The maximum atomic E-state index is 13.0. The third-order valence-electron chi connectivity index (χ3n) is 4.67. The van der Waals surface area contributed by atoms with Gasteiger partial charge in [-0.15, -0.1) is 0 Å². The highest BCUT2D eigenvalue weighted by molar-refractivity contribution is 5.84. The van der Waals surface area contributed by atoms with Crippen molar-refractivity contribution < 1.29 is 9.59 Å². The van der Waals surface area contributed by atoms with Crippen LogP contribution in [-0.2, 0) is 29.7 Å². The Morgan fingerprint density at radius 1 is 1.08 bits per heavy atom. The van der Waals surface area contributed by atoms with E-state index in [0.717, 1.165) is 24.1 Å². The Morgan fingerprint density at radius 2 is 1.80 bits per heavy atom. The summed E-state index contributed by atoms with van der Waals surface area (Å²) in [6.45, 7) is 2.79. The smallest absolute Gasteiger partial charge is 0.242 e. The van der Waals surface area contributed by atoms with Gasteiger partial charge in [-0.25, -0.2) is 0 Å². The molecule has 2 aromatic rings. The first-order valence-corrected chi connectivity index (χ1v) is 8.73. The van der Waals surface area contributed by atoms with E-state index in [2.05, 4.69) is 0 Å². The summed E-state index contributed by atoms with van der Waals surface area (Å²) in [6, 6.07) is 14.2. The van der Waals surface area contributed by atoms with E-state index in [-0.39, 0.29) is 24.4 Å². The molecular formula is C20H25N3O2. The highest BCUT2D eigenvalue weighted by Gasteiger charge is 2.33. The second-order valence-corrected chi connectivity index (χ2v) is 6.72. The summed E-state index contributed by atoms with van der Waals surface area (Å²) in [7, 11) is 1.98. The normalized spacial score (nSPS) is 13.5. The Kier molecular flexibility index (Phi) is 5.22. The summed E-state index contributed by atoms with van der Waals surface area (Å²) in [4.78, 5) is 28.4. The molecule has 1 aromatic carbocycles. The van der Waals surface area contributed by atoms with Crippen LogP contribution < -0.4 is 0 Å². The number of carbonyl (C=O) groups excluding carboxylic acids is 2. The van der Waals surface area contributed by atoms with Gasteiger partial charge in [-0.3, -0.25) is 9.59 Å². The molecule has 1 aromatic heterocycles. The van der Waals surface area contributed by atoms with E-state index in [4.69, 9.17) is 0 Å². The summed E-state index contributed by atoms with van der Waals surface area (Å²) in [5, 5.41) is 0. The summed E-state index contributed by atoms with van der Waals surface area (Å²) < 4.78 is 2.02. The number of hydrogen-bond donors (Lipinski definition) is 0. The van der Waals surface area contributed by atoms with Crippen LogP contribution in [-0.4, -0.2) is 38.8 Å². The molecule has 0 bridgehead atoms. The molecule has 1 aliphatic carbocycles. The minimum absolute atomic E-state index is 0.00727. The topological polar surface area (TPSA) is 45.6 Å². The second-order valence-electron chi connectivity index (χ2n) is 6.72. The van der Waals surface area contributed by atoms with Crippen LogP contribution in [0.15, 0.2) is 48.7 Å². The van der Waals surface area contributed by atoms with Gasteiger partial charge in [0.05, 0.1) is 6.54 Å². The van der Waals surface area contributed by atoms with Gasteiger partial charge in [-0.1, -0.05) is 30.3 Å². The first-order chi connectivity index (χ1) is 12.0. The van der Waals surface area contributed by atoms with Crippen LogP contribution in [0.1, 0.15) is 31.0 Å². The lowest BCUT2D eigenvalue weighted by atomic mass is 10.2. The number of aryl methyl sites for hydroxylation is 1. The van der Waals surface area contributed by atoms with Crippen molar-refractivity contribution in [2.45, 2.75) is 38.9 Å². The predicted molar refractivity (Wildman–Crippen MR) is 96.5 cm³/mol. The van der Waals surface area contributed by atoms with E-state index in [1.807, 2.05) is 65.2 Å². The molecule has 0 atom stereocenters. The average Bonchev–Trinajstić information content (AvgIpc) is 3.35. The molecule has 0 N–H and O–H groups in total. The molecule has 25 heavy (non-hydrogen) atoms. The lowest BCUT2D eigenvalue weighted by molar-refractivity contribution is -0.140. The van der Waals surface area contributed by atoms with Crippen molar-refractivity contribution in [3.8, 4) is 0 Å². The van der Waals surface area contributed by atoms with Crippen LogP contribution in [0.4, 0.5) is 0 Å². The molecule has 5 heteroatoms. The zero-order valence-corrected chi connectivity index (χ0v) is 14.9. The van der Waals surface area contributed by atoms with Crippen LogP contribution in [0.5, 0.6) is 0 Å². The minimum atomic E-state index is -0.0191. The number of carbonyl (C=O) groups is 2. The molecule has 1 aliphatic rings. The van der Waals surface area contributed by atoms with Gasteiger partial charge in [-0.2, -0.15) is 0 Å². The maximum absolute atomic E-state index is 13.0. The van der Waals surface area contributed by atoms with Gasteiger partial charge in [0.15, 0.2) is 0 Å². The molecule has 0 radical (unpaired) electrons. The van der Waals surface area contributed by atoms with Gasteiger partial charge in [0.1, 0.15) is 6.54 Å². The minimum Gasteiger partial charge on any atom is -0.353 e. The maximum Gasteiger partial charge on any atom is 0.242 e. The Bertz CT molecular complexity index is 734. The van der Waals surface area contributed by atoms with Crippen LogP contribution in [0.2, 0.25) is 0 Å². The van der Waals surface area contributed by atoms with Crippen LogP contribution in [0.25, 0.3) is 0 Å². The van der Waals surface area contributed by atoms with Crippen LogP contribution in [0, 0.1) is 0 Å². The fourth-order valence-corrected chi connectivity index (χ4v) is 3.02. The number of rotatable bonds is 7. The van der Waals surface area contributed by atoms with E-state index in [1.165, 1.54) is 0 Å². The monoisotopic (exact) mass is 339 g/mol. The molecule has 1 saturated carbocycles. The lowest BCUT2D eigenvalue weighted by Crippen LogP contribution is -2.42. The quantitative estimate of drug-likeness (QED) is 0.778. The summed E-state index contributed by atoms with van der Waals surface area (Å²) >= 11 is 0. The lowest BCUT2D eigenvalue weighted by Gasteiger charge is -2.27. The molecule has 5 nitrogen and oxygen atoms in total. The third-order valence-corrected chi connectivity index (χ3v) is 4.67. The van der Waals surface area contributed by atoms with Gasteiger partial charge >= 0.3 is 0 Å². The first kappa shape index (κ1) is 17.3.